The molecule has 2 aromatic carbocycles. The molecule has 3 nitrogen and oxygen atoms in total. The predicted molar refractivity (Wildman–Crippen MR) is 102 cm³/mol. The van der Waals surface area contributed by atoms with Crippen LogP contribution in [0.2, 0.25) is 0 Å². The number of halogens is 1. The molecule has 0 unspecified atom stereocenters. The van der Waals surface area contributed by atoms with E-state index < -0.39 is 6.29 Å². The average molecular weight is 353 g/mol. The van der Waals surface area contributed by atoms with Gasteiger partial charge in [-0.2, -0.15) is 0 Å². The number of hydrogen-bond acceptors (Lipinski definition) is 3. The Labute approximate surface area is 154 Å². The van der Waals surface area contributed by atoms with Gasteiger partial charge in [0, 0.05) is 24.3 Å². The molecule has 2 aromatic rings. The van der Waals surface area contributed by atoms with Crippen molar-refractivity contribution < 1.29 is 13.9 Å². The lowest BCUT2D eigenvalue weighted by atomic mass is 10.1. The molecule has 136 valence electrons. The monoisotopic (exact) mass is 353 g/mol. The Bertz CT molecular complexity index is 760. The van der Waals surface area contributed by atoms with E-state index in [1.807, 2.05) is 18.2 Å². The van der Waals surface area contributed by atoms with Crippen molar-refractivity contribution in [2.24, 2.45) is 0 Å². The molecule has 4 heteroatoms. The minimum atomic E-state index is -0.466. The van der Waals surface area contributed by atoms with Crippen LogP contribution in [0.25, 0.3) is 12.2 Å². The van der Waals surface area contributed by atoms with Crippen LogP contribution in [0.3, 0.4) is 0 Å². The zero-order valence-electron chi connectivity index (χ0n) is 14.9. The number of hydrogen-bond donors (Lipinski definition) is 0. The molecule has 0 aliphatic carbocycles. The Hall–Kier alpha value is -2.17. The highest BCUT2D eigenvalue weighted by Crippen LogP contribution is 2.26. The highest BCUT2D eigenvalue weighted by Gasteiger charge is 2.17. The summed E-state index contributed by atoms with van der Waals surface area (Å²) in [5.74, 6) is -0.274. The van der Waals surface area contributed by atoms with Crippen LogP contribution in [0, 0.1) is 5.82 Å². The van der Waals surface area contributed by atoms with Crippen molar-refractivity contribution in [1.29, 1.82) is 0 Å². The maximum atomic E-state index is 14.0. The summed E-state index contributed by atoms with van der Waals surface area (Å²) in [4.78, 5) is 2.41. The molecule has 0 radical (unpaired) electrons. The lowest BCUT2D eigenvalue weighted by molar-refractivity contribution is -0.183. The zero-order chi connectivity index (χ0) is 17.8. The molecule has 0 N–H and O–H groups in total. The van der Waals surface area contributed by atoms with Gasteiger partial charge in [-0.1, -0.05) is 24.3 Å². The first-order valence-electron chi connectivity index (χ1n) is 9.35. The van der Waals surface area contributed by atoms with E-state index in [2.05, 4.69) is 29.2 Å². The first kappa shape index (κ1) is 17.3. The predicted octanol–water partition coefficient (Wildman–Crippen LogP) is 5.03. The Morgan fingerprint density at radius 2 is 1.54 bits per heavy atom. The van der Waals surface area contributed by atoms with E-state index in [1.54, 1.807) is 0 Å². The fourth-order valence-electron chi connectivity index (χ4n) is 3.51. The molecule has 2 aliphatic heterocycles. The van der Waals surface area contributed by atoms with Crippen LogP contribution in [0.15, 0.2) is 42.5 Å². The molecule has 2 heterocycles. The standard InChI is InChI=1S/C22H24FNO2/c23-20-15-18(14-19(16-20)22-25-12-3-13-26-22)5-4-17-6-8-21(9-7-17)24-10-1-2-11-24/h4-9,14-16,22H,1-3,10-13H2/b5-4+. The molecule has 0 bridgehead atoms. The summed E-state index contributed by atoms with van der Waals surface area (Å²) < 4.78 is 25.1. The molecule has 0 atom stereocenters. The van der Waals surface area contributed by atoms with E-state index in [1.165, 1.54) is 30.7 Å². The van der Waals surface area contributed by atoms with Gasteiger partial charge in [-0.05, 0) is 60.7 Å². The number of anilines is 1. The van der Waals surface area contributed by atoms with Gasteiger partial charge in [0.2, 0.25) is 0 Å². The van der Waals surface area contributed by atoms with Crippen molar-refractivity contribution >= 4 is 17.8 Å². The fraction of sp³-hybridized carbons (Fsp3) is 0.364. The van der Waals surface area contributed by atoms with Crippen LogP contribution in [-0.4, -0.2) is 26.3 Å². The van der Waals surface area contributed by atoms with Crippen LogP contribution >= 0.6 is 0 Å². The second-order valence-corrected chi connectivity index (χ2v) is 6.86. The third kappa shape index (κ3) is 4.14. The third-order valence-electron chi connectivity index (χ3n) is 4.87. The molecule has 0 saturated carbocycles. The molecular weight excluding hydrogens is 329 g/mol. The summed E-state index contributed by atoms with van der Waals surface area (Å²) in [5.41, 5.74) is 3.92. The summed E-state index contributed by atoms with van der Waals surface area (Å²) in [5, 5.41) is 0. The highest BCUT2D eigenvalue weighted by molar-refractivity contribution is 5.71. The minimum absolute atomic E-state index is 0.274. The first-order valence-corrected chi connectivity index (χ1v) is 9.35. The van der Waals surface area contributed by atoms with Crippen molar-refractivity contribution in [3.8, 4) is 0 Å². The number of rotatable bonds is 4. The molecule has 0 amide bonds. The Morgan fingerprint density at radius 1 is 0.846 bits per heavy atom. The molecule has 0 spiro atoms. The number of ether oxygens (including phenoxy) is 2. The van der Waals surface area contributed by atoms with E-state index in [4.69, 9.17) is 9.47 Å². The average Bonchev–Trinajstić information content (AvgIpc) is 3.22. The van der Waals surface area contributed by atoms with E-state index in [0.717, 1.165) is 36.2 Å². The van der Waals surface area contributed by atoms with Crippen molar-refractivity contribution in [3.05, 3.63) is 65.0 Å². The van der Waals surface area contributed by atoms with Crippen LogP contribution in [-0.2, 0) is 9.47 Å². The van der Waals surface area contributed by atoms with Gasteiger partial charge in [-0.15, -0.1) is 0 Å². The maximum absolute atomic E-state index is 14.0. The largest absolute Gasteiger partial charge is 0.372 e. The van der Waals surface area contributed by atoms with Gasteiger partial charge in [0.15, 0.2) is 6.29 Å². The Balaban J connectivity index is 1.48. The van der Waals surface area contributed by atoms with Gasteiger partial charge in [-0.3, -0.25) is 0 Å². The smallest absolute Gasteiger partial charge is 0.183 e. The Morgan fingerprint density at radius 3 is 2.27 bits per heavy atom. The SMILES string of the molecule is Fc1cc(/C=C/c2ccc(N3CCCC3)cc2)cc(C2OCCCO2)c1. The van der Waals surface area contributed by atoms with Gasteiger partial charge in [-0.25, -0.2) is 4.39 Å². The van der Waals surface area contributed by atoms with Crippen molar-refractivity contribution in [3.63, 3.8) is 0 Å². The van der Waals surface area contributed by atoms with Crippen LogP contribution in [0.5, 0.6) is 0 Å². The van der Waals surface area contributed by atoms with Crippen molar-refractivity contribution in [2.45, 2.75) is 25.6 Å². The van der Waals surface area contributed by atoms with Gasteiger partial charge in [0.05, 0.1) is 13.2 Å². The fourth-order valence-corrected chi connectivity index (χ4v) is 3.51. The summed E-state index contributed by atoms with van der Waals surface area (Å²) in [6, 6.07) is 13.5. The van der Waals surface area contributed by atoms with Gasteiger partial charge in [0.1, 0.15) is 5.82 Å². The molecule has 2 fully saturated rings. The van der Waals surface area contributed by atoms with Crippen LogP contribution < -0.4 is 4.90 Å². The van der Waals surface area contributed by atoms with Crippen LogP contribution in [0.4, 0.5) is 10.1 Å². The minimum Gasteiger partial charge on any atom is -0.372 e. The van der Waals surface area contributed by atoms with Crippen LogP contribution in [0.1, 0.15) is 42.2 Å². The maximum Gasteiger partial charge on any atom is 0.183 e. The molecule has 0 aromatic heterocycles. The van der Waals surface area contributed by atoms with Crippen molar-refractivity contribution in [1.82, 2.24) is 0 Å². The third-order valence-corrected chi connectivity index (χ3v) is 4.87. The second-order valence-electron chi connectivity index (χ2n) is 6.86. The number of nitrogens with zero attached hydrogens (tertiary/aromatic N) is 1. The summed E-state index contributed by atoms with van der Waals surface area (Å²) in [6.45, 7) is 3.59. The summed E-state index contributed by atoms with van der Waals surface area (Å²) in [7, 11) is 0. The van der Waals surface area contributed by atoms with Gasteiger partial charge in [0.25, 0.3) is 0 Å². The highest BCUT2D eigenvalue weighted by atomic mass is 19.1. The lowest BCUT2D eigenvalue weighted by Gasteiger charge is -2.23. The van der Waals surface area contributed by atoms with E-state index in [-0.39, 0.29) is 5.82 Å². The van der Waals surface area contributed by atoms with E-state index >= 15 is 0 Å². The Kier molecular flexibility index (Phi) is 5.32. The molecule has 2 saturated heterocycles. The molecule has 4 rings (SSSR count). The number of benzene rings is 2. The molecule has 26 heavy (non-hydrogen) atoms. The normalized spacial score (nSPS) is 18.7. The van der Waals surface area contributed by atoms with Crippen molar-refractivity contribution in [2.75, 3.05) is 31.2 Å². The summed E-state index contributed by atoms with van der Waals surface area (Å²) >= 11 is 0. The molecule has 2 aliphatic rings. The van der Waals surface area contributed by atoms with E-state index in [0.29, 0.717) is 13.2 Å². The lowest BCUT2D eigenvalue weighted by Crippen LogP contribution is -2.17. The zero-order valence-corrected chi connectivity index (χ0v) is 14.9. The van der Waals surface area contributed by atoms with Gasteiger partial charge >= 0.3 is 0 Å². The quantitative estimate of drug-likeness (QED) is 0.720. The second kappa shape index (κ2) is 8.02. The topological polar surface area (TPSA) is 21.7 Å². The van der Waals surface area contributed by atoms with Gasteiger partial charge < -0.3 is 14.4 Å². The van der Waals surface area contributed by atoms with E-state index in [9.17, 15) is 4.39 Å². The summed E-state index contributed by atoms with van der Waals surface area (Å²) in [6.07, 6.45) is 6.91. The molecular formula is C22H24FNO2. The first-order chi connectivity index (χ1) is 12.8.